The van der Waals surface area contributed by atoms with Crippen LogP contribution in [0.2, 0.25) is 0 Å². The van der Waals surface area contributed by atoms with Gasteiger partial charge in [-0.3, -0.25) is 4.79 Å². The number of rotatable bonds is 4. The highest BCUT2D eigenvalue weighted by Crippen LogP contribution is 2.33. The number of aromatic nitrogens is 1. The summed E-state index contributed by atoms with van der Waals surface area (Å²) in [7, 11) is 1.63. The van der Waals surface area contributed by atoms with Crippen LogP contribution in [-0.2, 0) is 17.8 Å². The highest BCUT2D eigenvalue weighted by molar-refractivity contribution is 5.81. The van der Waals surface area contributed by atoms with Gasteiger partial charge in [-0.25, -0.2) is 0 Å². The molecule has 3 heterocycles. The SMILES string of the molecule is COc1ccc2c(c1)CC(C(=O)N1CC(c3cc(CO)on3)C1)CO2. The Morgan fingerprint density at radius 1 is 1.40 bits per heavy atom. The van der Waals surface area contributed by atoms with E-state index in [9.17, 15) is 4.79 Å². The maximum Gasteiger partial charge on any atom is 0.229 e. The Kier molecular flexibility index (Phi) is 4.09. The van der Waals surface area contributed by atoms with Crippen molar-refractivity contribution in [3.63, 3.8) is 0 Å². The monoisotopic (exact) mass is 344 g/mol. The molecule has 0 saturated carbocycles. The standard InChI is InChI=1S/C18H20N2O5/c1-23-14-2-3-17-11(5-14)4-12(10-24-17)18(22)20-7-13(8-20)16-6-15(9-21)25-19-16/h2-3,5-6,12-13,21H,4,7-10H2,1H3. The van der Waals surface area contributed by atoms with E-state index in [1.807, 2.05) is 23.1 Å². The van der Waals surface area contributed by atoms with Crippen molar-refractivity contribution in [1.29, 1.82) is 0 Å². The highest BCUT2D eigenvalue weighted by atomic mass is 16.5. The molecule has 7 heteroatoms. The predicted octanol–water partition coefficient (Wildman–Crippen LogP) is 1.35. The van der Waals surface area contributed by atoms with Crippen LogP contribution in [0.5, 0.6) is 11.5 Å². The minimum atomic E-state index is -0.175. The van der Waals surface area contributed by atoms with Crippen LogP contribution in [0.4, 0.5) is 0 Å². The molecule has 1 aromatic heterocycles. The molecule has 1 N–H and O–H groups in total. The average Bonchev–Trinajstić information content (AvgIpc) is 3.08. The lowest BCUT2D eigenvalue weighted by molar-refractivity contribution is -0.141. The number of fused-ring (bicyclic) bond motifs is 1. The summed E-state index contributed by atoms with van der Waals surface area (Å²) in [6.07, 6.45) is 0.658. The van der Waals surface area contributed by atoms with Gasteiger partial charge in [0.05, 0.1) is 18.7 Å². The van der Waals surface area contributed by atoms with Crippen molar-refractivity contribution in [2.75, 3.05) is 26.8 Å². The van der Waals surface area contributed by atoms with Gasteiger partial charge in [0.25, 0.3) is 0 Å². The summed E-state index contributed by atoms with van der Waals surface area (Å²) in [5.41, 5.74) is 1.80. The van der Waals surface area contributed by atoms with Gasteiger partial charge >= 0.3 is 0 Å². The van der Waals surface area contributed by atoms with Crippen LogP contribution in [0.3, 0.4) is 0 Å². The van der Waals surface area contributed by atoms with Crippen LogP contribution in [0.1, 0.15) is 22.9 Å². The number of nitrogens with zero attached hydrogens (tertiary/aromatic N) is 2. The molecule has 0 radical (unpaired) electrons. The van der Waals surface area contributed by atoms with E-state index in [4.69, 9.17) is 19.1 Å². The topological polar surface area (TPSA) is 85.0 Å². The zero-order valence-electron chi connectivity index (χ0n) is 14.0. The first-order valence-corrected chi connectivity index (χ1v) is 8.32. The number of likely N-dealkylation sites (tertiary alicyclic amines) is 1. The molecular weight excluding hydrogens is 324 g/mol. The van der Waals surface area contributed by atoms with Gasteiger partial charge in [-0.1, -0.05) is 5.16 Å². The molecule has 0 aliphatic carbocycles. The number of ether oxygens (including phenoxy) is 2. The van der Waals surface area contributed by atoms with Gasteiger partial charge in [0, 0.05) is 25.1 Å². The van der Waals surface area contributed by atoms with Gasteiger partial charge in [0.2, 0.25) is 5.91 Å². The van der Waals surface area contributed by atoms with E-state index in [1.54, 1.807) is 13.2 Å². The smallest absolute Gasteiger partial charge is 0.229 e. The van der Waals surface area contributed by atoms with Gasteiger partial charge in [0.1, 0.15) is 24.7 Å². The Balaban J connectivity index is 1.38. The normalized spacial score (nSPS) is 19.8. The summed E-state index contributed by atoms with van der Waals surface area (Å²) in [6, 6.07) is 7.43. The lowest BCUT2D eigenvalue weighted by Gasteiger charge is -2.40. The molecule has 7 nitrogen and oxygen atoms in total. The highest BCUT2D eigenvalue weighted by Gasteiger charge is 2.38. The number of benzene rings is 1. The molecule has 1 atom stereocenters. The molecule has 1 aromatic carbocycles. The van der Waals surface area contributed by atoms with Gasteiger partial charge in [0.15, 0.2) is 5.76 Å². The van der Waals surface area contributed by atoms with E-state index in [-0.39, 0.29) is 24.3 Å². The lowest BCUT2D eigenvalue weighted by atomic mass is 9.90. The van der Waals surface area contributed by atoms with Crippen LogP contribution in [0.25, 0.3) is 0 Å². The van der Waals surface area contributed by atoms with Crippen LogP contribution in [0.15, 0.2) is 28.8 Å². The molecular formula is C18H20N2O5. The Labute approximate surface area is 145 Å². The van der Waals surface area contributed by atoms with Crippen LogP contribution in [0, 0.1) is 5.92 Å². The fourth-order valence-electron chi connectivity index (χ4n) is 3.36. The second-order valence-electron chi connectivity index (χ2n) is 6.50. The van der Waals surface area contributed by atoms with E-state index >= 15 is 0 Å². The van der Waals surface area contributed by atoms with Gasteiger partial charge < -0.3 is 24.0 Å². The Morgan fingerprint density at radius 2 is 2.24 bits per heavy atom. The summed E-state index contributed by atoms with van der Waals surface area (Å²) in [6.45, 7) is 1.48. The minimum absolute atomic E-state index is 0.107. The first-order valence-electron chi connectivity index (χ1n) is 8.32. The third-order valence-corrected chi connectivity index (χ3v) is 4.87. The third kappa shape index (κ3) is 2.95. The molecule has 132 valence electrons. The molecule has 1 amide bonds. The van der Waals surface area contributed by atoms with Gasteiger partial charge in [-0.05, 0) is 30.2 Å². The van der Waals surface area contributed by atoms with Crippen molar-refractivity contribution >= 4 is 5.91 Å². The van der Waals surface area contributed by atoms with Crippen molar-refractivity contribution in [3.05, 3.63) is 41.3 Å². The third-order valence-electron chi connectivity index (χ3n) is 4.87. The molecule has 0 bridgehead atoms. The van der Waals surface area contributed by atoms with Crippen molar-refractivity contribution in [1.82, 2.24) is 10.1 Å². The number of methoxy groups -OCH3 is 1. The molecule has 1 saturated heterocycles. The summed E-state index contributed by atoms with van der Waals surface area (Å²) in [5, 5.41) is 13.0. The maximum absolute atomic E-state index is 12.7. The van der Waals surface area contributed by atoms with E-state index in [0.29, 0.717) is 31.9 Å². The molecule has 1 unspecified atom stereocenters. The quantitative estimate of drug-likeness (QED) is 0.901. The zero-order valence-corrected chi connectivity index (χ0v) is 14.0. The molecule has 2 aromatic rings. The van der Waals surface area contributed by atoms with Gasteiger partial charge in [-0.15, -0.1) is 0 Å². The molecule has 0 spiro atoms. The summed E-state index contributed by atoms with van der Waals surface area (Å²) >= 11 is 0. The summed E-state index contributed by atoms with van der Waals surface area (Å²) < 4.78 is 16.0. The van der Waals surface area contributed by atoms with Crippen molar-refractivity contribution in [3.8, 4) is 11.5 Å². The lowest BCUT2D eigenvalue weighted by Crippen LogP contribution is -2.52. The number of carbonyl (C=O) groups excluding carboxylic acids is 1. The van der Waals surface area contributed by atoms with Crippen LogP contribution >= 0.6 is 0 Å². The Morgan fingerprint density at radius 3 is 2.96 bits per heavy atom. The largest absolute Gasteiger partial charge is 0.497 e. The number of hydrogen-bond donors (Lipinski definition) is 1. The van der Waals surface area contributed by atoms with Crippen molar-refractivity contribution in [2.45, 2.75) is 18.9 Å². The molecule has 4 rings (SSSR count). The number of hydrogen-bond acceptors (Lipinski definition) is 6. The summed E-state index contributed by atoms with van der Waals surface area (Å²) in [5.74, 6) is 2.15. The van der Waals surface area contributed by atoms with Crippen LogP contribution < -0.4 is 9.47 Å². The fraction of sp³-hybridized carbons (Fsp3) is 0.444. The van der Waals surface area contributed by atoms with E-state index < -0.39 is 0 Å². The molecule has 25 heavy (non-hydrogen) atoms. The average molecular weight is 344 g/mol. The Hall–Kier alpha value is -2.54. The Bertz CT molecular complexity index is 782. The fourth-order valence-corrected chi connectivity index (χ4v) is 3.36. The predicted molar refractivity (Wildman–Crippen MR) is 87.4 cm³/mol. The molecule has 2 aliphatic rings. The second kappa shape index (κ2) is 6.40. The van der Waals surface area contributed by atoms with E-state index in [2.05, 4.69) is 5.16 Å². The molecule has 1 fully saturated rings. The first kappa shape index (κ1) is 16.0. The number of amides is 1. The maximum atomic E-state index is 12.7. The number of aliphatic hydroxyl groups is 1. The first-order chi connectivity index (χ1) is 12.2. The number of aliphatic hydroxyl groups excluding tert-OH is 1. The van der Waals surface area contributed by atoms with Crippen molar-refractivity contribution in [2.24, 2.45) is 5.92 Å². The second-order valence-corrected chi connectivity index (χ2v) is 6.50. The van der Waals surface area contributed by atoms with E-state index in [0.717, 1.165) is 22.8 Å². The van der Waals surface area contributed by atoms with Crippen LogP contribution in [-0.4, -0.2) is 47.9 Å². The van der Waals surface area contributed by atoms with E-state index in [1.165, 1.54) is 0 Å². The van der Waals surface area contributed by atoms with Gasteiger partial charge in [-0.2, -0.15) is 0 Å². The number of carbonyl (C=O) groups is 1. The molecule has 2 aliphatic heterocycles. The zero-order chi connectivity index (χ0) is 17.4. The van der Waals surface area contributed by atoms with Crippen molar-refractivity contribution < 1.29 is 23.9 Å². The minimum Gasteiger partial charge on any atom is -0.497 e. The summed E-state index contributed by atoms with van der Waals surface area (Å²) in [4.78, 5) is 14.5.